The molecule has 2 aliphatic carbocycles. The van der Waals surface area contributed by atoms with E-state index in [1.54, 1.807) is 23.0 Å². The van der Waals surface area contributed by atoms with E-state index in [0.29, 0.717) is 5.92 Å². The average molecular weight is 1770 g/mol. The summed E-state index contributed by atoms with van der Waals surface area (Å²) in [6.07, 6.45) is 10.2. The Morgan fingerprint density at radius 3 is 0.904 bits per heavy atom. The number of rotatable bonds is 17. The Labute approximate surface area is 812 Å². The van der Waals surface area contributed by atoms with Gasteiger partial charge in [-0.1, -0.05) is 341 Å². The number of aromatic nitrogens is 2. The van der Waals surface area contributed by atoms with E-state index in [-0.39, 0.29) is 26.7 Å². The van der Waals surface area contributed by atoms with E-state index in [9.17, 15) is 0 Å². The van der Waals surface area contributed by atoms with Gasteiger partial charge < -0.3 is 23.7 Å². The third-order valence-corrected chi connectivity index (χ3v) is 27.3. The van der Waals surface area contributed by atoms with Gasteiger partial charge in [-0.2, -0.15) is 0 Å². The Kier molecular flexibility index (Phi) is 27.7. The molecule has 1 aliphatic heterocycles. The molecule has 1 unspecified atom stereocenters. The van der Waals surface area contributed by atoms with Gasteiger partial charge in [0.05, 0.1) is 22.1 Å². The van der Waals surface area contributed by atoms with Crippen molar-refractivity contribution in [1.82, 2.24) is 9.13 Å². The van der Waals surface area contributed by atoms with E-state index >= 15 is 0 Å². The minimum absolute atomic E-state index is 0. The molecule has 2 aromatic heterocycles. The van der Waals surface area contributed by atoms with Gasteiger partial charge >= 0.3 is 20.4 Å². The fourth-order valence-electron chi connectivity index (χ4n) is 20.1. The van der Waals surface area contributed by atoms with Crippen LogP contribution in [0.2, 0.25) is 0 Å². The summed E-state index contributed by atoms with van der Waals surface area (Å²) in [5, 5.41) is 4.96. The summed E-state index contributed by atoms with van der Waals surface area (Å²) in [5.41, 5.74) is 41.4. The number of terminal acetylenes is 1. The van der Waals surface area contributed by atoms with Crippen LogP contribution in [0.4, 0.5) is 34.1 Å². The molecule has 0 saturated carbocycles. The van der Waals surface area contributed by atoms with Crippen LogP contribution in [0.25, 0.3) is 150 Å². The van der Waals surface area contributed by atoms with Crippen LogP contribution in [0.5, 0.6) is 0 Å². The predicted octanol–water partition coefficient (Wildman–Crippen LogP) is 34.9. The standard InChI is InChI=1S/C61H50N2.C59H44N2.C4H8O.C3H4.CH4.Al.B.HN/c1-5-41(2)42-20-22-45(23-21-42)47-28-36-59-55(38-47)56-39-48(29-37-60(56)63(59)49-16-10-7-11-17-49)46-26-32-51(33-27-46)62(50-30-24-44(25-31-50)43-14-8-6-9-15-43)52-34-35-54-53-18-12-13-19-57(53)61(3,4)58(54)40-52;1-4-40-19-21-43(22-20-40)45-27-35-57-53(37-45)54-38-46(28-36-58(54)61(57)47-15-9-6-10-16-47)44-25-31-49(32-26-44)60(48-29-23-42(24-30-48)41-13-7-5-8-14-41)50-33-34-52-51-17-11-12-18-55(51)59(2,3)56(52)39-50;1-2-4-5-3-1;1-3-2;;;;/h6-41H,5H2,1-4H3;4-39H,1H2,2-3H3;1-4H2;1H,2H3;1H4;;;1H. The number of ether oxygens (including phenoxy) is 1. The normalized spacial score (nSPS) is 12.7. The van der Waals surface area contributed by atoms with E-state index < -0.39 is 0 Å². The molecule has 1 N–H and O–H groups in total. The zero-order chi connectivity index (χ0) is 92.0. The SMILES string of the molecule is C.C#CC.C1CCOC1.C=Cc1ccc(-c2ccc3c(c2)c2cc(-c4ccc(N(c5ccc(-c6ccccc6)cc5)c5ccc6c(c5)C(C)(C)c5ccccc5-6)cc4)ccc2n3-c2ccccc2)cc1.CCC(C)c1ccc(-c2ccc3c(c2)c2cc(-c4ccc(N(c5ccc(-c6ccccc6)cc5)c5ccc6c(c5)C(C)(C)c5ccccc5-6)cc4)ccc2n3-c2ccccc2)cc1.[B].[NH]=[Al]. The molecule has 3 heterocycles. The van der Waals surface area contributed by atoms with Crippen molar-refractivity contribution in [3.63, 3.8) is 0 Å². The molecule has 0 bridgehead atoms. The average Bonchev–Trinajstić information content (AvgIpc) is 1.60. The Balaban J connectivity index is 0.000000170. The Hall–Kier alpha value is -15.2. The zero-order valence-electron chi connectivity index (χ0n) is 77.7. The fourth-order valence-corrected chi connectivity index (χ4v) is 20.1. The van der Waals surface area contributed by atoms with Crippen LogP contribution in [0.1, 0.15) is 114 Å². The second-order valence-electron chi connectivity index (χ2n) is 36.0. The van der Waals surface area contributed by atoms with Gasteiger partial charge in [0.25, 0.3) is 0 Å². The number of fused-ring (bicyclic) bond motifs is 12. The third kappa shape index (κ3) is 18.1. The number of para-hydroxylation sites is 2. The quantitative estimate of drug-likeness (QED) is 0.0730. The molecule has 4 radical (unpaired) electrons. The second kappa shape index (κ2) is 40.7. The van der Waals surface area contributed by atoms with Gasteiger partial charge in [0.1, 0.15) is 0 Å². The summed E-state index contributed by atoms with van der Waals surface area (Å²) < 4.78 is 15.4. The Morgan fingerprint density at radius 2 is 0.603 bits per heavy atom. The van der Waals surface area contributed by atoms with Crippen molar-refractivity contribution < 1.29 is 4.74 Å². The molecule has 660 valence electrons. The molecule has 3 aliphatic rings. The summed E-state index contributed by atoms with van der Waals surface area (Å²) in [4.78, 5) is 4.81. The van der Waals surface area contributed by atoms with Crippen LogP contribution in [0.3, 0.4) is 0 Å². The van der Waals surface area contributed by atoms with Crippen LogP contribution < -0.4 is 9.80 Å². The second-order valence-corrected chi connectivity index (χ2v) is 36.0. The monoisotopic (exact) mass is 1770 g/mol. The van der Waals surface area contributed by atoms with Gasteiger partial charge in [-0.3, -0.25) is 0 Å². The van der Waals surface area contributed by atoms with Gasteiger partial charge in [0.15, 0.2) is 0 Å². The Bertz CT molecular complexity index is 7660. The summed E-state index contributed by atoms with van der Waals surface area (Å²) in [6.45, 7) is 21.6. The van der Waals surface area contributed by atoms with E-state index in [0.717, 1.165) is 70.7 Å². The van der Waals surface area contributed by atoms with Crippen molar-refractivity contribution in [2.75, 3.05) is 23.0 Å². The summed E-state index contributed by atoms with van der Waals surface area (Å²) in [6, 6.07) is 156. The van der Waals surface area contributed by atoms with Gasteiger partial charge in [-0.25, -0.2) is 0 Å². The van der Waals surface area contributed by atoms with E-state index in [2.05, 4.69) is 504 Å². The van der Waals surface area contributed by atoms with Gasteiger partial charge in [0, 0.05) is 99.5 Å². The number of benzene rings is 18. The maximum absolute atomic E-state index is 5.67. The number of anilines is 6. The topological polar surface area (TPSA) is 49.4 Å². The molecule has 0 amide bonds. The molecule has 18 aromatic carbocycles. The van der Waals surface area contributed by atoms with Crippen LogP contribution in [0.15, 0.2) is 431 Å². The molecule has 1 fully saturated rings. The molecular formula is C128H111AlBN5O. The molecule has 0 spiro atoms. The summed E-state index contributed by atoms with van der Waals surface area (Å²) in [7, 11) is 0. The molecule has 20 aromatic rings. The van der Waals surface area contributed by atoms with Crippen LogP contribution >= 0.6 is 0 Å². The first-order chi connectivity index (χ1) is 65.7. The molecule has 6 nitrogen and oxygen atoms in total. The maximum atomic E-state index is 5.67. The molecule has 1 saturated heterocycles. The van der Waals surface area contributed by atoms with Crippen molar-refractivity contribution in [3.05, 3.63) is 465 Å². The van der Waals surface area contributed by atoms with Crippen molar-refractivity contribution >= 4 is 108 Å². The Morgan fingerprint density at radius 1 is 0.346 bits per heavy atom. The predicted molar refractivity (Wildman–Crippen MR) is 583 cm³/mol. The third-order valence-electron chi connectivity index (χ3n) is 27.3. The zero-order valence-corrected chi connectivity index (χ0v) is 78.9. The number of hydrogen-bond acceptors (Lipinski definition) is 4. The van der Waals surface area contributed by atoms with Crippen LogP contribution in [0, 0.1) is 16.7 Å². The van der Waals surface area contributed by atoms with Gasteiger partial charge in [-0.05, 0) is 300 Å². The van der Waals surface area contributed by atoms with Gasteiger partial charge in [-0.15, -0.1) is 12.3 Å². The summed E-state index contributed by atoms with van der Waals surface area (Å²) in [5.74, 6) is 2.80. The first-order valence-corrected chi connectivity index (χ1v) is 47.2. The fraction of sp³-hybridized carbons (Fsp3) is 0.125. The number of nitrogens with zero attached hydrogens (tertiary/aromatic N) is 4. The van der Waals surface area contributed by atoms with Crippen molar-refractivity contribution in [3.8, 4) is 113 Å². The minimum atomic E-state index is -0.103. The van der Waals surface area contributed by atoms with Crippen molar-refractivity contribution in [2.24, 2.45) is 0 Å². The summed E-state index contributed by atoms with van der Waals surface area (Å²) >= 11 is 1.67. The van der Waals surface area contributed by atoms with E-state index in [1.807, 2.05) is 6.08 Å². The van der Waals surface area contributed by atoms with Crippen LogP contribution in [-0.4, -0.2) is 46.9 Å². The van der Waals surface area contributed by atoms with Crippen molar-refractivity contribution in [1.29, 1.82) is 4.35 Å². The first kappa shape index (κ1) is 92.7. The van der Waals surface area contributed by atoms with Gasteiger partial charge in [0.2, 0.25) is 0 Å². The van der Waals surface area contributed by atoms with Crippen LogP contribution in [-0.2, 0) is 15.6 Å². The van der Waals surface area contributed by atoms with E-state index in [4.69, 9.17) is 9.08 Å². The number of hydrogen-bond donors (Lipinski definition) is 1. The molecule has 23 rings (SSSR count). The first-order valence-electron chi connectivity index (χ1n) is 46.7. The molecular weight excluding hydrogens is 1660 g/mol. The van der Waals surface area contributed by atoms with E-state index in [1.165, 1.54) is 173 Å². The number of nitrogens with one attached hydrogen (secondary N) is 1. The molecule has 1 atom stereocenters. The molecule has 136 heavy (non-hydrogen) atoms. The van der Waals surface area contributed by atoms with Crippen molar-refractivity contribution in [2.45, 2.75) is 91.9 Å². The molecule has 8 heteroatoms.